The lowest BCUT2D eigenvalue weighted by Gasteiger charge is -2.17. The summed E-state index contributed by atoms with van der Waals surface area (Å²) in [5.41, 5.74) is 0.210. The van der Waals surface area contributed by atoms with E-state index in [1.54, 1.807) is 4.90 Å². The fourth-order valence-electron chi connectivity index (χ4n) is 2.10. The minimum atomic E-state index is -0.804. The molecule has 0 aromatic rings. The number of carboxylic acid groups (broad SMARTS) is 1. The lowest BCUT2D eigenvalue weighted by atomic mass is 10.1. The van der Waals surface area contributed by atoms with Crippen LogP contribution in [0.2, 0.25) is 0 Å². The van der Waals surface area contributed by atoms with Crippen molar-refractivity contribution in [3.63, 3.8) is 0 Å². The second-order valence-electron chi connectivity index (χ2n) is 5.46. The molecule has 2 atom stereocenters. The zero-order valence-corrected chi connectivity index (χ0v) is 9.69. The first kappa shape index (κ1) is 11.2. The molecule has 0 bridgehead atoms. The van der Waals surface area contributed by atoms with E-state index in [0.29, 0.717) is 19.5 Å². The summed E-state index contributed by atoms with van der Waals surface area (Å²) in [5, 5.41) is 11.8. The van der Waals surface area contributed by atoms with Gasteiger partial charge in [-0.15, -0.1) is 0 Å². The SMILES string of the molecule is CC1(C)CC1NC(=O)N1CCC(C(=O)O)C1. The molecule has 5 nitrogen and oxygen atoms in total. The number of aliphatic carboxylic acids is 1. The third kappa shape index (κ3) is 2.13. The van der Waals surface area contributed by atoms with Crippen LogP contribution < -0.4 is 5.32 Å². The number of carbonyl (C=O) groups excluding carboxylic acids is 1. The van der Waals surface area contributed by atoms with Crippen molar-refractivity contribution in [3.05, 3.63) is 0 Å². The second kappa shape index (κ2) is 3.64. The lowest BCUT2D eigenvalue weighted by Crippen LogP contribution is -2.41. The molecule has 2 N–H and O–H groups in total. The van der Waals surface area contributed by atoms with Crippen molar-refractivity contribution >= 4 is 12.0 Å². The summed E-state index contributed by atoms with van der Waals surface area (Å²) in [6.07, 6.45) is 1.58. The van der Waals surface area contributed by atoms with Gasteiger partial charge < -0.3 is 15.3 Å². The summed E-state index contributed by atoms with van der Waals surface area (Å²) in [6.45, 7) is 5.12. The Bertz CT molecular complexity index is 327. The fraction of sp³-hybridized carbons (Fsp3) is 0.818. The van der Waals surface area contributed by atoms with Gasteiger partial charge >= 0.3 is 12.0 Å². The van der Waals surface area contributed by atoms with Crippen molar-refractivity contribution in [2.24, 2.45) is 11.3 Å². The summed E-state index contributed by atoms with van der Waals surface area (Å²) in [7, 11) is 0. The van der Waals surface area contributed by atoms with Crippen LogP contribution in [0, 0.1) is 11.3 Å². The van der Waals surface area contributed by atoms with Crippen molar-refractivity contribution in [2.45, 2.75) is 32.7 Å². The lowest BCUT2D eigenvalue weighted by molar-refractivity contribution is -0.141. The molecule has 2 rings (SSSR count). The van der Waals surface area contributed by atoms with Gasteiger partial charge in [-0.2, -0.15) is 0 Å². The van der Waals surface area contributed by atoms with E-state index in [9.17, 15) is 9.59 Å². The Morgan fingerprint density at radius 2 is 2.06 bits per heavy atom. The monoisotopic (exact) mass is 226 g/mol. The average molecular weight is 226 g/mol. The average Bonchev–Trinajstić information content (AvgIpc) is 2.68. The van der Waals surface area contributed by atoms with E-state index in [-0.39, 0.29) is 17.5 Å². The van der Waals surface area contributed by atoms with Gasteiger partial charge in [0.15, 0.2) is 0 Å². The van der Waals surface area contributed by atoms with Gasteiger partial charge in [-0.25, -0.2) is 4.79 Å². The largest absolute Gasteiger partial charge is 0.481 e. The Labute approximate surface area is 94.8 Å². The molecule has 1 saturated heterocycles. The third-order valence-corrected chi connectivity index (χ3v) is 3.64. The molecule has 16 heavy (non-hydrogen) atoms. The van der Waals surface area contributed by atoms with Gasteiger partial charge in [-0.3, -0.25) is 4.79 Å². The van der Waals surface area contributed by atoms with Crippen LogP contribution in [0.25, 0.3) is 0 Å². The molecule has 0 radical (unpaired) electrons. The van der Waals surface area contributed by atoms with E-state index in [2.05, 4.69) is 19.2 Å². The van der Waals surface area contributed by atoms with Gasteiger partial charge in [0.1, 0.15) is 0 Å². The summed E-state index contributed by atoms with van der Waals surface area (Å²) < 4.78 is 0. The molecule has 90 valence electrons. The van der Waals surface area contributed by atoms with Gasteiger partial charge in [-0.05, 0) is 18.3 Å². The number of amides is 2. The molecule has 0 aromatic carbocycles. The number of carboxylic acids is 1. The predicted octanol–water partition coefficient (Wildman–Crippen LogP) is 0.901. The molecule has 2 aliphatic rings. The van der Waals surface area contributed by atoms with Crippen LogP contribution in [-0.4, -0.2) is 41.1 Å². The highest BCUT2D eigenvalue weighted by Crippen LogP contribution is 2.44. The Morgan fingerprint density at radius 3 is 2.50 bits per heavy atom. The maximum Gasteiger partial charge on any atom is 0.317 e. The molecule has 5 heteroatoms. The Kier molecular flexibility index (Phi) is 2.56. The van der Waals surface area contributed by atoms with Crippen LogP contribution >= 0.6 is 0 Å². The van der Waals surface area contributed by atoms with Crippen LogP contribution in [0.3, 0.4) is 0 Å². The summed E-state index contributed by atoms with van der Waals surface area (Å²) >= 11 is 0. The van der Waals surface area contributed by atoms with Crippen LogP contribution in [0.15, 0.2) is 0 Å². The number of nitrogens with one attached hydrogen (secondary N) is 1. The zero-order valence-electron chi connectivity index (χ0n) is 9.69. The van der Waals surface area contributed by atoms with Crippen molar-refractivity contribution in [3.8, 4) is 0 Å². The topological polar surface area (TPSA) is 69.6 Å². The van der Waals surface area contributed by atoms with Crippen molar-refractivity contribution in [2.75, 3.05) is 13.1 Å². The van der Waals surface area contributed by atoms with Crippen LogP contribution in [0.5, 0.6) is 0 Å². The third-order valence-electron chi connectivity index (χ3n) is 3.64. The minimum Gasteiger partial charge on any atom is -0.481 e. The fourth-order valence-corrected chi connectivity index (χ4v) is 2.10. The predicted molar refractivity (Wildman–Crippen MR) is 58.0 cm³/mol. The van der Waals surface area contributed by atoms with Crippen LogP contribution in [-0.2, 0) is 4.79 Å². The van der Waals surface area contributed by atoms with E-state index >= 15 is 0 Å². The Morgan fingerprint density at radius 1 is 1.44 bits per heavy atom. The van der Waals surface area contributed by atoms with Crippen molar-refractivity contribution in [1.29, 1.82) is 0 Å². The number of likely N-dealkylation sites (tertiary alicyclic amines) is 1. The number of hydrogen-bond acceptors (Lipinski definition) is 2. The molecule has 2 amide bonds. The van der Waals surface area contributed by atoms with Crippen LogP contribution in [0.1, 0.15) is 26.7 Å². The highest BCUT2D eigenvalue weighted by atomic mass is 16.4. The number of carbonyl (C=O) groups is 2. The molecule has 0 spiro atoms. The van der Waals surface area contributed by atoms with E-state index in [1.165, 1.54) is 0 Å². The Hall–Kier alpha value is -1.26. The van der Waals surface area contributed by atoms with E-state index in [1.807, 2.05) is 0 Å². The van der Waals surface area contributed by atoms with Crippen molar-refractivity contribution in [1.82, 2.24) is 10.2 Å². The molecule has 0 aromatic heterocycles. The van der Waals surface area contributed by atoms with Gasteiger partial charge in [-0.1, -0.05) is 13.8 Å². The summed E-state index contributed by atoms with van der Waals surface area (Å²) in [5.74, 6) is -1.19. The molecular formula is C11H18N2O3. The maximum absolute atomic E-state index is 11.8. The quantitative estimate of drug-likeness (QED) is 0.735. The first-order valence-corrected chi connectivity index (χ1v) is 5.68. The summed E-state index contributed by atoms with van der Waals surface area (Å²) in [6, 6.07) is 0.142. The molecule has 2 fully saturated rings. The number of hydrogen-bond donors (Lipinski definition) is 2. The van der Waals surface area contributed by atoms with E-state index in [4.69, 9.17) is 5.11 Å². The normalized spacial score (nSPS) is 31.2. The molecule has 1 heterocycles. The maximum atomic E-state index is 11.8. The first-order valence-electron chi connectivity index (χ1n) is 5.68. The number of rotatable bonds is 2. The molecule has 1 saturated carbocycles. The molecule has 1 aliphatic heterocycles. The Balaban J connectivity index is 1.81. The van der Waals surface area contributed by atoms with E-state index < -0.39 is 11.9 Å². The van der Waals surface area contributed by atoms with Gasteiger partial charge in [0.2, 0.25) is 0 Å². The van der Waals surface area contributed by atoms with E-state index in [0.717, 1.165) is 6.42 Å². The summed E-state index contributed by atoms with van der Waals surface area (Å²) in [4.78, 5) is 24.1. The molecule has 1 aliphatic carbocycles. The second-order valence-corrected chi connectivity index (χ2v) is 5.46. The smallest absolute Gasteiger partial charge is 0.317 e. The van der Waals surface area contributed by atoms with Gasteiger partial charge in [0, 0.05) is 19.1 Å². The highest BCUT2D eigenvalue weighted by molar-refractivity contribution is 5.78. The number of urea groups is 1. The highest BCUT2D eigenvalue weighted by Gasteiger charge is 2.47. The first-order chi connectivity index (χ1) is 7.40. The standard InChI is InChI=1S/C11H18N2O3/c1-11(2)5-8(11)12-10(16)13-4-3-7(6-13)9(14)15/h7-8H,3-6H2,1-2H3,(H,12,16)(H,14,15). The molecular weight excluding hydrogens is 208 g/mol. The van der Waals surface area contributed by atoms with Gasteiger partial charge in [0.05, 0.1) is 5.92 Å². The molecule has 2 unspecified atom stereocenters. The zero-order chi connectivity index (χ0) is 11.9. The van der Waals surface area contributed by atoms with Gasteiger partial charge in [0.25, 0.3) is 0 Å². The number of nitrogens with zero attached hydrogens (tertiary/aromatic N) is 1. The van der Waals surface area contributed by atoms with Crippen molar-refractivity contribution < 1.29 is 14.7 Å². The van der Waals surface area contributed by atoms with Crippen LogP contribution in [0.4, 0.5) is 4.79 Å². The minimum absolute atomic E-state index is 0.112.